The molecule has 1 aliphatic heterocycles. The number of hydrogen-bond donors (Lipinski definition) is 1. The summed E-state index contributed by atoms with van der Waals surface area (Å²) in [5.74, 6) is 1.03. The van der Waals surface area contributed by atoms with Crippen LogP contribution in [-0.2, 0) is 0 Å². The van der Waals surface area contributed by atoms with Crippen LogP contribution in [0.5, 0.6) is 0 Å². The van der Waals surface area contributed by atoms with Crippen molar-refractivity contribution in [2.24, 2.45) is 5.73 Å². The Labute approximate surface area is 114 Å². The number of rotatable bonds is 4. The van der Waals surface area contributed by atoms with Crippen LogP contribution in [0.2, 0.25) is 0 Å². The molecular formula is C13H20N4S. The van der Waals surface area contributed by atoms with Gasteiger partial charge < -0.3 is 15.5 Å². The minimum atomic E-state index is 0.403. The normalized spacial score (nSPS) is 19.5. The maximum absolute atomic E-state index is 5.58. The fourth-order valence-corrected chi connectivity index (χ4v) is 2.57. The van der Waals surface area contributed by atoms with Crippen molar-refractivity contribution in [2.45, 2.75) is 18.9 Å². The Morgan fingerprint density at radius 2 is 2.33 bits per heavy atom. The summed E-state index contributed by atoms with van der Waals surface area (Å²) >= 11 is 4.94. The second-order valence-electron chi connectivity index (χ2n) is 5.02. The SMILES string of the molecule is CN(C)CC1CCCN1c1ccc(C(N)=S)cn1. The average Bonchev–Trinajstić information content (AvgIpc) is 2.76. The summed E-state index contributed by atoms with van der Waals surface area (Å²) in [4.78, 5) is 9.49. The highest BCUT2D eigenvalue weighted by molar-refractivity contribution is 7.80. The lowest BCUT2D eigenvalue weighted by Gasteiger charge is -2.28. The van der Waals surface area contributed by atoms with Gasteiger partial charge in [0.1, 0.15) is 10.8 Å². The Kier molecular flexibility index (Phi) is 4.14. The van der Waals surface area contributed by atoms with Gasteiger partial charge in [0.05, 0.1) is 0 Å². The van der Waals surface area contributed by atoms with Crippen LogP contribution in [0, 0.1) is 0 Å². The lowest BCUT2D eigenvalue weighted by atomic mass is 10.2. The van der Waals surface area contributed by atoms with E-state index in [2.05, 4.69) is 28.9 Å². The molecule has 0 aliphatic carbocycles. The molecule has 1 aliphatic rings. The summed E-state index contributed by atoms with van der Waals surface area (Å²) in [6.07, 6.45) is 4.23. The molecule has 0 radical (unpaired) electrons. The molecular weight excluding hydrogens is 244 g/mol. The molecule has 18 heavy (non-hydrogen) atoms. The summed E-state index contributed by atoms with van der Waals surface area (Å²) in [6.45, 7) is 2.15. The third-order valence-electron chi connectivity index (χ3n) is 3.28. The molecule has 0 amide bonds. The molecule has 1 unspecified atom stereocenters. The smallest absolute Gasteiger partial charge is 0.128 e. The van der Waals surface area contributed by atoms with Gasteiger partial charge in [-0.25, -0.2) is 4.98 Å². The summed E-state index contributed by atoms with van der Waals surface area (Å²) in [6, 6.07) is 4.53. The molecule has 2 heterocycles. The van der Waals surface area contributed by atoms with Gasteiger partial charge in [0, 0.05) is 30.9 Å². The lowest BCUT2D eigenvalue weighted by molar-refractivity contribution is 0.371. The van der Waals surface area contributed by atoms with Crippen LogP contribution >= 0.6 is 12.2 Å². The number of likely N-dealkylation sites (N-methyl/N-ethyl adjacent to an activating group) is 1. The van der Waals surface area contributed by atoms with Crippen LogP contribution in [0.15, 0.2) is 18.3 Å². The zero-order chi connectivity index (χ0) is 13.1. The van der Waals surface area contributed by atoms with E-state index < -0.39 is 0 Å². The van der Waals surface area contributed by atoms with E-state index in [1.54, 1.807) is 6.20 Å². The number of pyridine rings is 1. The summed E-state index contributed by atoms with van der Waals surface area (Å²) in [7, 11) is 4.22. The van der Waals surface area contributed by atoms with Crippen molar-refractivity contribution >= 4 is 23.0 Å². The summed E-state index contributed by atoms with van der Waals surface area (Å²) < 4.78 is 0. The molecule has 0 spiro atoms. The van der Waals surface area contributed by atoms with E-state index in [1.807, 2.05) is 12.1 Å². The van der Waals surface area contributed by atoms with Gasteiger partial charge in [-0.1, -0.05) is 12.2 Å². The first-order valence-electron chi connectivity index (χ1n) is 6.25. The van der Waals surface area contributed by atoms with E-state index in [-0.39, 0.29) is 0 Å². The highest BCUT2D eigenvalue weighted by Gasteiger charge is 2.25. The van der Waals surface area contributed by atoms with Crippen molar-refractivity contribution in [2.75, 3.05) is 32.1 Å². The van der Waals surface area contributed by atoms with E-state index in [4.69, 9.17) is 18.0 Å². The first-order valence-corrected chi connectivity index (χ1v) is 6.66. The Bertz CT molecular complexity index is 416. The second kappa shape index (κ2) is 5.63. The van der Waals surface area contributed by atoms with Gasteiger partial charge in [0.2, 0.25) is 0 Å². The summed E-state index contributed by atoms with van der Waals surface area (Å²) in [5, 5.41) is 0. The first-order chi connectivity index (χ1) is 8.58. The molecule has 0 saturated carbocycles. The monoisotopic (exact) mass is 264 g/mol. The van der Waals surface area contributed by atoms with Crippen molar-refractivity contribution in [1.82, 2.24) is 9.88 Å². The number of aromatic nitrogens is 1. The molecule has 1 atom stereocenters. The highest BCUT2D eigenvalue weighted by Crippen LogP contribution is 2.24. The molecule has 1 aromatic heterocycles. The van der Waals surface area contributed by atoms with Gasteiger partial charge in [0.25, 0.3) is 0 Å². The third kappa shape index (κ3) is 2.97. The van der Waals surface area contributed by atoms with Gasteiger partial charge >= 0.3 is 0 Å². The molecule has 2 rings (SSSR count). The highest BCUT2D eigenvalue weighted by atomic mass is 32.1. The summed E-state index contributed by atoms with van der Waals surface area (Å²) in [5.41, 5.74) is 6.41. The zero-order valence-electron chi connectivity index (χ0n) is 11.0. The van der Waals surface area contributed by atoms with Crippen LogP contribution in [-0.4, -0.2) is 48.1 Å². The molecule has 1 aromatic rings. The van der Waals surface area contributed by atoms with E-state index in [9.17, 15) is 0 Å². The van der Waals surface area contributed by atoms with Crippen LogP contribution in [0.4, 0.5) is 5.82 Å². The maximum Gasteiger partial charge on any atom is 0.128 e. The Hall–Kier alpha value is -1.20. The van der Waals surface area contributed by atoms with Crippen molar-refractivity contribution in [3.05, 3.63) is 23.9 Å². The van der Waals surface area contributed by atoms with Crippen LogP contribution in [0.3, 0.4) is 0 Å². The lowest BCUT2D eigenvalue weighted by Crippen LogP contribution is -2.38. The van der Waals surface area contributed by atoms with Crippen molar-refractivity contribution in [3.8, 4) is 0 Å². The van der Waals surface area contributed by atoms with E-state index in [0.717, 1.165) is 24.5 Å². The largest absolute Gasteiger partial charge is 0.389 e. The van der Waals surface area contributed by atoms with E-state index in [0.29, 0.717) is 11.0 Å². The van der Waals surface area contributed by atoms with Crippen molar-refractivity contribution in [3.63, 3.8) is 0 Å². The van der Waals surface area contributed by atoms with E-state index >= 15 is 0 Å². The molecule has 1 fully saturated rings. The number of anilines is 1. The second-order valence-corrected chi connectivity index (χ2v) is 5.46. The number of hydrogen-bond acceptors (Lipinski definition) is 4. The van der Waals surface area contributed by atoms with Crippen molar-refractivity contribution < 1.29 is 0 Å². The Morgan fingerprint density at radius 3 is 2.89 bits per heavy atom. The molecule has 4 nitrogen and oxygen atoms in total. The zero-order valence-corrected chi connectivity index (χ0v) is 11.8. The molecule has 0 bridgehead atoms. The number of nitrogens with two attached hydrogens (primary N) is 1. The number of thiocarbonyl (C=S) groups is 1. The minimum Gasteiger partial charge on any atom is -0.389 e. The Morgan fingerprint density at radius 1 is 1.56 bits per heavy atom. The third-order valence-corrected chi connectivity index (χ3v) is 3.52. The van der Waals surface area contributed by atoms with Gasteiger partial charge in [-0.3, -0.25) is 0 Å². The topological polar surface area (TPSA) is 45.4 Å². The predicted octanol–water partition coefficient (Wildman–Crippen LogP) is 1.25. The quantitative estimate of drug-likeness (QED) is 0.829. The predicted molar refractivity (Wildman–Crippen MR) is 79.0 cm³/mol. The fourth-order valence-electron chi connectivity index (χ4n) is 2.45. The van der Waals surface area contributed by atoms with Crippen molar-refractivity contribution in [1.29, 1.82) is 0 Å². The van der Waals surface area contributed by atoms with Gasteiger partial charge in [-0.2, -0.15) is 0 Å². The molecule has 98 valence electrons. The fraction of sp³-hybridized carbons (Fsp3) is 0.538. The molecule has 5 heteroatoms. The molecule has 0 aromatic carbocycles. The van der Waals surface area contributed by atoms with Crippen LogP contribution in [0.25, 0.3) is 0 Å². The first kappa shape index (κ1) is 13.2. The van der Waals surface area contributed by atoms with Crippen LogP contribution in [0.1, 0.15) is 18.4 Å². The minimum absolute atomic E-state index is 0.403. The number of nitrogens with zero attached hydrogens (tertiary/aromatic N) is 3. The molecule has 1 saturated heterocycles. The van der Waals surface area contributed by atoms with E-state index in [1.165, 1.54) is 12.8 Å². The van der Waals surface area contributed by atoms with Gasteiger partial charge in [0.15, 0.2) is 0 Å². The molecule has 2 N–H and O–H groups in total. The standard InChI is InChI=1S/C13H20N4S/c1-16(2)9-11-4-3-7-17(11)12-6-5-10(8-15-12)13(14)18/h5-6,8,11H,3-4,7,9H2,1-2H3,(H2,14,18). The van der Waals surface area contributed by atoms with Gasteiger partial charge in [-0.05, 0) is 39.1 Å². The van der Waals surface area contributed by atoms with Crippen LogP contribution < -0.4 is 10.6 Å². The Balaban J connectivity index is 2.12. The van der Waals surface area contributed by atoms with Gasteiger partial charge in [-0.15, -0.1) is 0 Å². The average molecular weight is 264 g/mol. The maximum atomic E-state index is 5.58.